The lowest BCUT2D eigenvalue weighted by Gasteiger charge is -2.35. The Morgan fingerprint density at radius 1 is 1.22 bits per heavy atom. The normalized spacial score (nSPS) is 28.6. The van der Waals surface area contributed by atoms with Crippen LogP contribution in [0.3, 0.4) is 0 Å². The highest BCUT2D eigenvalue weighted by atomic mass is 127. The van der Waals surface area contributed by atoms with E-state index in [-0.39, 0.29) is 0 Å². The zero-order valence-electron chi connectivity index (χ0n) is 10.5. The summed E-state index contributed by atoms with van der Waals surface area (Å²) in [6.45, 7) is 3.41. The molecule has 3 rings (SSSR count). The van der Waals surface area contributed by atoms with Gasteiger partial charge in [-0.3, -0.25) is 0 Å². The first-order valence-corrected chi connectivity index (χ1v) is 7.87. The molecule has 1 aromatic rings. The van der Waals surface area contributed by atoms with Crippen LogP contribution in [-0.4, -0.2) is 35.6 Å². The third-order valence-electron chi connectivity index (χ3n) is 4.01. The van der Waals surface area contributed by atoms with Gasteiger partial charge >= 0.3 is 0 Å². The van der Waals surface area contributed by atoms with Crippen molar-refractivity contribution in [3.05, 3.63) is 16.0 Å². The molecule has 0 amide bonds. The number of aromatic nitrogens is 2. The Morgan fingerprint density at radius 2 is 2.06 bits per heavy atom. The minimum atomic E-state index is 0.719. The van der Waals surface area contributed by atoms with Crippen LogP contribution in [0.15, 0.2) is 12.4 Å². The van der Waals surface area contributed by atoms with Crippen molar-refractivity contribution in [3.8, 4) is 0 Å². The SMILES string of the molecule is Ic1cnc(N2CCCC(C3CCCN3)C2)nc1. The van der Waals surface area contributed by atoms with Crippen LogP contribution in [0.5, 0.6) is 0 Å². The van der Waals surface area contributed by atoms with E-state index in [4.69, 9.17) is 0 Å². The summed E-state index contributed by atoms with van der Waals surface area (Å²) in [4.78, 5) is 11.3. The fourth-order valence-electron chi connectivity index (χ4n) is 3.10. The highest BCUT2D eigenvalue weighted by molar-refractivity contribution is 14.1. The van der Waals surface area contributed by atoms with Gasteiger partial charge in [0.25, 0.3) is 0 Å². The van der Waals surface area contributed by atoms with Crippen LogP contribution in [0, 0.1) is 9.49 Å². The van der Waals surface area contributed by atoms with Crippen LogP contribution in [0.4, 0.5) is 5.95 Å². The lowest BCUT2D eigenvalue weighted by molar-refractivity contribution is 0.327. The molecule has 0 radical (unpaired) electrons. The van der Waals surface area contributed by atoms with Crippen LogP contribution in [0.1, 0.15) is 25.7 Å². The molecule has 2 atom stereocenters. The molecule has 98 valence electrons. The zero-order chi connectivity index (χ0) is 12.4. The number of hydrogen-bond donors (Lipinski definition) is 1. The number of hydrogen-bond acceptors (Lipinski definition) is 4. The van der Waals surface area contributed by atoms with Crippen LogP contribution in [-0.2, 0) is 0 Å². The van der Waals surface area contributed by atoms with Gasteiger partial charge in [-0.1, -0.05) is 0 Å². The van der Waals surface area contributed by atoms with Gasteiger partial charge in [-0.2, -0.15) is 0 Å². The van der Waals surface area contributed by atoms with Crippen molar-refractivity contribution in [2.24, 2.45) is 5.92 Å². The van der Waals surface area contributed by atoms with Gasteiger partial charge in [0.2, 0.25) is 5.95 Å². The molecule has 1 N–H and O–H groups in total. The third kappa shape index (κ3) is 2.77. The van der Waals surface area contributed by atoms with E-state index in [1.807, 2.05) is 12.4 Å². The minimum absolute atomic E-state index is 0.719. The molecule has 2 fully saturated rings. The number of nitrogens with zero attached hydrogens (tertiary/aromatic N) is 3. The van der Waals surface area contributed by atoms with E-state index < -0.39 is 0 Å². The predicted molar refractivity (Wildman–Crippen MR) is 80.7 cm³/mol. The summed E-state index contributed by atoms with van der Waals surface area (Å²) in [6.07, 6.45) is 9.09. The Hall–Kier alpha value is -0.430. The highest BCUT2D eigenvalue weighted by Crippen LogP contribution is 2.26. The maximum Gasteiger partial charge on any atom is 0.225 e. The summed E-state index contributed by atoms with van der Waals surface area (Å²) in [5.41, 5.74) is 0. The quantitative estimate of drug-likeness (QED) is 0.822. The second-order valence-electron chi connectivity index (χ2n) is 5.25. The molecule has 0 spiro atoms. The van der Waals surface area contributed by atoms with Crippen LogP contribution < -0.4 is 10.2 Å². The molecule has 3 heterocycles. The Morgan fingerprint density at radius 3 is 2.78 bits per heavy atom. The molecule has 2 unspecified atom stereocenters. The maximum atomic E-state index is 4.45. The van der Waals surface area contributed by atoms with E-state index in [0.29, 0.717) is 0 Å². The number of halogens is 1. The maximum absolute atomic E-state index is 4.45. The van der Waals surface area contributed by atoms with E-state index in [9.17, 15) is 0 Å². The highest BCUT2D eigenvalue weighted by Gasteiger charge is 2.29. The van der Waals surface area contributed by atoms with Crippen LogP contribution in [0.2, 0.25) is 0 Å². The molecule has 18 heavy (non-hydrogen) atoms. The third-order valence-corrected chi connectivity index (χ3v) is 4.57. The van der Waals surface area contributed by atoms with Crippen molar-refractivity contribution in [2.45, 2.75) is 31.7 Å². The number of anilines is 1. The van der Waals surface area contributed by atoms with Crippen LogP contribution >= 0.6 is 22.6 Å². The van der Waals surface area contributed by atoms with Crippen molar-refractivity contribution in [3.63, 3.8) is 0 Å². The Balaban J connectivity index is 1.67. The molecule has 0 bridgehead atoms. The Bertz CT molecular complexity index is 388. The molecular weight excluding hydrogens is 339 g/mol. The zero-order valence-corrected chi connectivity index (χ0v) is 12.6. The Labute approximate surface area is 122 Å². The molecule has 0 aromatic carbocycles. The molecule has 0 saturated carbocycles. The fraction of sp³-hybridized carbons (Fsp3) is 0.692. The van der Waals surface area contributed by atoms with E-state index >= 15 is 0 Å². The predicted octanol–water partition coefficient (Wildman–Crippen LogP) is 2.05. The van der Waals surface area contributed by atoms with Crippen LogP contribution in [0.25, 0.3) is 0 Å². The molecule has 1 aromatic heterocycles. The lowest BCUT2D eigenvalue weighted by atomic mass is 9.90. The fourth-order valence-corrected chi connectivity index (χ4v) is 3.38. The van der Waals surface area contributed by atoms with Gasteiger partial charge in [0.15, 0.2) is 0 Å². The van der Waals surface area contributed by atoms with Crippen molar-refractivity contribution in [1.29, 1.82) is 0 Å². The molecule has 2 aliphatic rings. The first-order valence-electron chi connectivity index (χ1n) is 6.79. The standard InChI is InChI=1S/C13H19IN4/c14-11-7-16-13(17-8-11)18-6-2-3-10(9-18)12-4-1-5-15-12/h7-8,10,12,15H,1-6,9H2. The number of nitrogens with one attached hydrogen (secondary N) is 1. The van der Waals surface area contributed by atoms with Gasteiger partial charge in [-0.25, -0.2) is 9.97 Å². The Kier molecular flexibility index (Phi) is 3.98. The average molecular weight is 358 g/mol. The average Bonchev–Trinajstić information content (AvgIpc) is 2.94. The summed E-state index contributed by atoms with van der Waals surface area (Å²) in [7, 11) is 0. The van der Waals surface area contributed by atoms with Gasteiger partial charge < -0.3 is 10.2 Å². The first kappa shape index (κ1) is 12.6. The molecule has 2 saturated heterocycles. The summed E-state index contributed by atoms with van der Waals surface area (Å²) in [6, 6.07) is 0.719. The lowest BCUT2D eigenvalue weighted by Crippen LogP contribution is -2.44. The van der Waals surface area contributed by atoms with E-state index in [2.05, 4.69) is 42.8 Å². The largest absolute Gasteiger partial charge is 0.340 e. The molecule has 2 aliphatic heterocycles. The number of rotatable bonds is 2. The van der Waals surface area contributed by atoms with Gasteiger partial charge in [0.05, 0.1) is 0 Å². The molecule has 0 aliphatic carbocycles. The van der Waals surface area contributed by atoms with Crippen molar-refractivity contribution in [1.82, 2.24) is 15.3 Å². The van der Waals surface area contributed by atoms with Gasteiger partial charge in [-0.15, -0.1) is 0 Å². The molecular formula is C13H19IN4. The van der Waals surface area contributed by atoms with Gasteiger partial charge in [-0.05, 0) is 60.7 Å². The number of piperidine rings is 1. The van der Waals surface area contributed by atoms with Crippen molar-refractivity contribution < 1.29 is 0 Å². The van der Waals surface area contributed by atoms with Crippen molar-refractivity contribution in [2.75, 3.05) is 24.5 Å². The summed E-state index contributed by atoms with van der Waals surface area (Å²) < 4.78 is 1.10. The topological polar surface area (TPSA) is 41.1 Å². The monoisotopic (exact) mass is 358 g/mol. The second kappa shape index (κ2) is 5.69. The van der Waals surface area contributed by atoms with Gasteiger partial charge in [0.1, 0.15) is 0 Å². The molecule has 4 nitrogen and oxygen atoms in total. The van der Waals surface area contributed by atoms with E-state index in [1.54, 1.807) is 0 Å². The van der Waals surface area contributed by atoms with E-state index in [0.717, 1.165) is 34.6 Å². The summed E-state index contributed by atoms with van der Waals surface area (Å²) in [5, 5.41) is 3.64. The summed E-state index contributed by atoms with van der Waals surface area (Å²) >= 11 is 2.25. The van der Waals surface area contributed by atoms with Gasteiger partial charge in [0, 0.05) is 35.1 Å². The second-order valence-corrected chi connectivity index (χ2v) is 6.50. The smallest absolute Gasteiger partial charge is 0.225 e. The van der Waals surface area contributed by atoms with E-state index in [1.165, 1.54) is 32.2 Å². The first-order chi connectivity index (χ1) is 8.83. The van der Waals surface area contributed by atoms with Crippen molar-refractivity contribution >= 4 is 28.5 Å². The molecule has 5 heteroatoms. The summed E-state index contributed by atoms with van der Waals surface area (Å²) in [5.74, 6) is 1.67. The minimum Gasteiger partial charge on any atom is -0.340 e.